The van der Waals surface area contributed by atoms with E-state index in [0.717, 1.165) is 5.69 Å². The number of benzene rings is 2. The summed E-state index contributed by atoms with van der Waals surface area (Å²) in [6, 6.07) is 15.2. The van der Waals surface area contributed by atoms with Crippen molar-refractivity contribution in [1.29, 1.82) is 0 Å². The van der Waals surface area contributed by atoms with Gasteiger partial charge in [0.1, 0.15) is 12.4 Å². The average molecular weight is 402 g/mol. The molecule has 0 saturated carbocycles. The van der Waals surface area contributed by atoms with Gasteiger partial charge in [-0.05, 0) is 36.4 Å². The van der Waals surface area contributed by atoms with E-state index in [9.17, 15) is 9.18 Å². The summed E-state index contributed by atoms with van der Waals surface area (Å²) in [6.07, 6.45) is -0.576. The number of carbonyl (C=O) groups excluding carboxylic acids is 1. The van der Waals surface area contributed by atoms with Gasteiger partial charge in [0.05, 0.1) is 22.1 Å². The van der Waals surface area contributed by atoms with Gasteiger partial charge >= 0.3 is 6.09 Å². The highest BCUT2D eigenvalue weighted by Gasteiger charge is 2.21. The first-order valence-corrected chi connectivity index (χ1v) is 9.15. The monoisotopic (exact) mass is 401 g/mol. The molecule has 3 aromatic rings. The van der Waals surface area contributed by atoms with Crippen LogP contribution in [0.1, 0.15) is 32.2 Å². The summed E-state index contributed by atoms with van der Waals surface area (Å²) in [5, 5.41) is 7.27. The minimum absolute atomic E-state index is 0.000928. The van der Waals surface area contributed by atoms with E-state index in [4.69, 9.17) is 16.3 Å². The number of ether oxygens (including phenoxy) is 1. The second-order valence-corrected chi connectivity index (χ2v) is 7.76. The molecule has 1 N–H and O–H groups in total. The largest absolute Gasteiger partial charge is 0.443 e. The van der Waals surface area contributed by atoms with Crippen molar-refractivity contribution in [3.63, 3.8) is 0 Å². The van der Waals surface area contributed by atoms with Crippen molar-refractivity contribution >= 4 is 23.4 Å². The quantitative estimate of drug-likeness (QED) is 0.609. The molecular formula is C21H21ClFN3O2. The maximum atomic E-state index is 13.5. The minimum Gasteiger partial charge on any atom is -0.443 e. The maximum absolute atomic E-state index is 13.5. The van der Waals surface area contributed by atoms with Crippen LogP contribution in [0.5, 0.6) is 0 Å². The molecule has 0 spiro atoms. The molecule has 0 fully saturated rings. The molecule has 0 aliphatic rings. The lowest BCUT2D eigenvalue weighted by atomic mass is 9.92. The van der Waals surface area contributed by atoms with Crippen molar-refractivity contribution in [2.24, 2.45) is 0 Å². The third-order valence-corrected chi connectivity index (χ3v) is 4.36. The number of amides is 1. The van der Waals surface area contributed by atoms with Crippen LogP contribution in [-0.4, -0.2) is 15.9 Å². The molecule has 146 valence electrons. The molecule has 0 atom stereocenters. The predicted molar refractivity (Wildman–Crippen MR) is 107 cm³/mol. The molecule has 7 heteroatoms. The molecule has 2 aromatic carbocycles. The van der Waals surface area contributed by atoms with E-state index < -0.39 is 11.9 Å². The number of aromatic nitrogens is 2. The number of carbonyl (C=O) groups is 1. The number of halogens is 2. The minimum atomic E-state index is -0.576. The topological polar surface area (TPSA) is 56.1 Å². The van der Waals surface area contributed by atoms with Crippen molar-refractivity contribution in [2.75, 3.05) is 5.32 Å². The van der Waals surface area contributed by atoms with Gasteiger partial charge in [-0.2, -0.15) is 5.10 Å². The highest BCUT2D eigenvalue weighted by Crippen LogP contribution is 2.26. The Kier molecular flexibility index (Phi) is 5.70. The molecule has 0 unspecified atom stereocenters. The Morgan fingerprint density at radius 3 is 2.54 bits per heavy atom. The fourth-order valence-corrected chi connectivity index (χ4v) is 2.72. The molecule has 0 aliphatic heterocycles. The second kappa shape index (κ2) is 8.02. The van der Waals surface area contributed by atoms with Crippen molar-refractivity contribution in [1.82, 2.24) is 9.78 Å². The molecule has 5 nitrogen and oxygen atoms in total. The normalized spacial score (nSPS) is 11.3. The van der Waals surface area contributed by atoms with E-state index in [2.05, 4.69) is 10.4 Å². The van der Waals surface area contributed by atoms with Gasteiger partial charge < -0.3 is 4.74 Å². The van der Waals surface area contributed by atoms with E-state index in [-0.39, 0.29) is 17.0 Å². The van der Waals surface area contributed by atoms with Crippen molar-refractivity contribution < 1.29 is 13.9 Å². The summed E-state index contributed by atoms with van der Waals surface area (Å²) in [6.45, 7) is 6.09. The Balaban J connectivity index is 1.83. The van der Waals surface area contributed by atoms with Gasteiger partial charge in [0, 0.05) is 11.1 Å². The first kappa shape index (κ1) is 19.9. The molecule has 0 radical (unpaired) electrons. The third kappa shape index (κ3) is 4.70. The Labute approximate surface area is 168 Å². The molecule has 1 aromatic heterocycles. The molecule has 0 saturated heterocycles. The highest BCUT2D eigenvalue weighted by molar-refractivity contribution is 6.30. The standard InChI is InChI=1S/C21H21ClFN3O2/c1-21(2,3)19-12-16(13-28-20(27)24-14-7-5-4-6-8-14)26(25-19)15-9-10-18(23)17(22)11-15/h4-12H,13H2,1-3H3,(H,24,27). The van der Waals surface area contributed by atoms with Crippen LogP contribution in [-0.2, 0) is 16.8 Å². The summed E-state index contributed by atoms with van der Waals surface area (Å²) in [7, 11) is 0. The predicted octanol–water partition coefficient (Wildman–Crippen LogP) is 5.71. The van der Waals surface area contributed by atoms with E-state index >= 15 is 0 Å². The first-order chi connectivity index (χ1) is 13.2. The summed E-state index contributed by atoms with van der Waals surface area (Å²) in [5.74, 6) is -0.506. The number of nitrogens with zero attached hydrogens (tertiary/aromatic N) is 2. The van der Waals surface area contributed by atoms with Crippen LogP contribution in [0.15, 0.2) is 54.6 Å². The highest BCUT2D eigenvalue weighted by atomic mass is 35.5. The summed E-state index contributed by atoms with van der Waals surface area (Å²) >= 11 is 5.92. The summed E-state index contributed by atoms with van der Waals surface area (Å²) in [4.78, 5) is 12.1. The van der Waals surface area contributed by atoms with Crippen LogP contribution in [0.25, 0.3) is 5.69 Å². The molecule has 3 rings (SSSR count). The molecule has 0 bridgehead atoms. The van der Waals surface area contributed by atoms with E-state index in [1.165, 1.54) is 12.1 Å². The number of nitrogens with one attached hydrogen (secondary N) is 1. The van der Waals surface area contributed by atoms with E-state index in [1.54, 1.807) is 22.9 Å². The van der Waals surface area contributed by atoms with Crippen LogP contribution >= 0.6 is 11.6 Å². The first-order valence-electron chi connectivity index (χ1n) is 8.78. The van der Waals surface area contributed by atoms with Crippen LogP contribution in [0.3, 0.4) is 0 Å². The maximum Gasteiger partial charge on any atom is 0.412 e. The Hall–Kier alpha value is -2.86. The Bertz CT molecular complexity index is 981. The SMILES string of the molecule is CC(C)(C)c1cc(COC(=O)Nc2ccccc2)n(-c2ccc(F)c(Cl)c2)n1. The van der Waals surface area contributed by atoms with Crippen LogP contribution < -0.4 is 5.32 Å². The van der Waals surface area contributed by atoms with Crippen LogP contribution in [0.2, 0.25) is 5.02 Å². The molecule has 1 heterocycles. The zero-order valence-electron chi connectivity index (χ0n) is 15.9. The lowest BCUT2D eigenvalue weighted by molar-refractivity contribution is 0.152. The average Bonchev–Trinajstić information content (AvgIpc) is 3.08. The van der Waals surface area contributed by atoms with Gasteiger partial charge in [0.2, 0.25) is 0 Å². The van der Waals surface area contributed by atoms with Crippen molar-refractivity contribution in [3.05, 3.63) is 76.8 Å². The van der Waals surface area contributed by atoms with Crippen molar-refractivity contribution in [3.8, 4) is 5.69 Å². The Morgan fingerprint density at radius 2 is 1.89 bits per heavy atom. The number of rotatable bonds is 4. The number of anilines is 1. The van der Waals surface area contributed by atoms with E-state index in [0.29, 0.717) is 17.1 Å². The van der Waals surface area contributed by atoms with Crippen molar-refractivity contribution in [2.45, 2.75) is 32.8 Å². The van der Waals surface area contributed by atoms with Gasteiger partial charge in [0.15, 0.2) is 0 Å². The molecule has 28 heavy (non-hydrogen) atoms. The fourth-order valence-electron chi connectivity index (χ4n) is 2.54. The zero-order chi connectivity index (χ0) is 20.3. The van der Waals surface area contributed by atoms with Gasteiger partial charge in [-0.1, -0.05) is 50.6 Å². The zero-order valence-corrected chi connectivity index (χ0v) is 16.6. The molecule has 1 amide bonds. The summed E-state index contributed by atoms with van der Waals surface area (Å²) in [5.41, 5.74) is 2.48. The van der Waals surface area contributed by atoms with Gasteiger partial charge in [-0.15, -0.1) is 0 Å². The summed E-state index contributed by atoms with van der Waals surface area (Å²) < 4.78 is 20.5. The molecular weight excluding hydrogens is 381 g/mol. The Morgan fingerprint density at radius 1 is 1.18 bits per heavy atom. The smallest absolute Gasteiger partial charge is 0.412 e. The van der Waals surface area contributed by atoms with Gasteiger partial charge in [-0.3, -0.25) is 5.32 Å². The number of hydrogen-bond donors (Lipinski definition) is 1. The van der Waals surface area contributed by atoms with Gasteiger partial charge in [0.25, 0.3) is 0 Å². The third-order valence-electron chi connectivity index (χ3n) is 4.07. The second-order valence-electron chi connectivity index (χ2n) is 7.35. The van der Waals surface area contributed by atoms with Gasteiger partial charge in [-0.25, -0.2) is 13.9 Å². The number of hydrogen-bond acceptors (Lipinski definition) is 3. The number of para-hydroxylation sites is 1. The van der Waals surface area contributed by atoms with Crippen LogP contribution in [0.4, 0.5) is 14.9 Å². The van der Waals surface area contributed by atoms with Crippen LogP contribution in [0, 0.1) is 5.82 Å². The fraction of sp³-hybridized carbons (Fsp3) is 0.238. The lowest BCUT2D eigenvalue weighted by Gasteiger charge is -2.14. The van der Waals surface area contributed by atoms with E-state index in [1.807, 2.05) is 45.0 Å². The lowest BCUT2D eigenvalue weighted by Crippen LogP contribution is -2.15. The molecule has 0 aliphatic carbocycles.